The topological polar surface area (TPSA) is 75.7 Å². The molecule has 0 saturated carbocycles. The van der Waals surface area contributed by atoms with E-state index in [1.54, 1.807) is 23.5 Å². The largest absolute Gasteiger partial charge is 0.469 e. The lowest BCUT2D eigenvalue weighted by Gasteiger charge is -2.33. The molecule has 3 heterocycles. The van der Waals surface area contributed by atoms with Crippen LogP contribution >= 0.6 is 0 Å². The second-order valence-electron chi connectivity index (χ2n) is 9.04. The Labute approximate surface area is 202 Å². The van der Waals surface area contributed by atoms with Crippen LogP contribution in [0.3, 0.4) is 0 Å². The molecule has 6 nitrogen and oxygen atoms in total. The first-order chi connectivity index (χ1) is 17.1. The van der Waals surface area contributed by atoms with Gasteiger partial charge in [0.1, 0.15) is 17.6 Å². The predicted octanol–water partition coefficient (Wildman–Crippen LogP) is 6.40. The Morgan fingerprint density at radius 1 is 0.886 bits per heavy atom. The maximum absolute atomic E-state index is 14.1. The maximum Gasteiger partial charge on any atom is 0.259 e. The van der Waals surface area contributed by atoms with Crippen LogP contribution in [0.15, 0.2) is 105 Å². The molecule has 35 heavy (non-hydrogen) atoms. The van der Waals surface area contributed by atoms with Crippen molar-refractivity contribution in [2.75, 3.05) is 10.2 Å². The molecule has 0 unspecified atom stereocenters. The fourth-order valence-electron chi connectivity index (χ4n) is 5.09. The van der Waals surface area contributed by atoms with Gasteiger partial charge in [0, 0.05) is 29.2 Å². The molecule has 2 aromatic carbocycles. The number of benzene rings is 2. The zero-order chi connectivity index (χ0) is 23.9. The fourth-order valence-corrected chi connectivity index (χ4v) is 5.09. The summed E-state index contributed by atoms with van der Waals surface area (Å²) in [6, 6.07) is 21.8. The number of furan rings is 2. The number of amides is 1. The first kappa shape index (κ1) is 21.2. The first-order valence-corrected chi connectivity index (χ1v) is 11.7. The second-order valence-corrected chi connectivity index (χ2v) is 9.04. The van der Waals surface area contributed by atoms with Gasteiger partial charge in [0.25, 0.3) is 5.91 Å². The standard InChI is InChI=1S/C29H24N2O4/c1-18-10-12-19(13-11-18)29(33)31-23-7-3-2-6-21(23)30-22-16-20(25-8-4-14-34-25)17-24(32)27(22)28(31)26-9-5-15-35-26/h2-15,20,28,30H,16-17H2,1H3/t20-,28-/m1/s1. The lowest BCUT2D eigenvalue weighted by molar-refractivity contribution is -0.116. The number of ketones is 1. The average molecular weight is 465 g/mol. The zero-order valence-corrected chi connectivity index (χ0v) is 19.2. The number of Topliss-reactive ketones (excluding diaryl/α,β-unsaturated/α-hetero) is 1. The molecule has 2 aliphatic rings. The summed E-state index contributed by atoms with van der Waals surface area (Å²) in [6.07, 6.45) is 4.10. The van der Waals surface area contributed by atoms with Crippen LogP contribution in [0.5, 0.6) is 0 Å². The number of aryl methyl sites for hydroxylation is 1. The third kappa shape index (κ3) is 3.67. The lowest BCUT2D eigenvalue weighted by Crippen LogP contribution is -2.38. The number of rotatable bonds is 3. The highest BCUT2D eigenvalue weighted by Crippen LogP contribution is 2.47. The van der Waals surface area contributed by atoms with Gasteiger partial charge in [-0.05, 0) is 61.9 Å². The molecule has 0 saturated heterocycles. The number of para-hydroxylation sites is 2. The van der Waals surface area contributed by atoms with E-state index in [1.165, 1.54) is 0 Å². The molecule has 174 valence electrons. The number of hydrogen-bond donors (Lipinski definition) is 1. The van der Waals surface area contributed by atoms with E-state index in [9.17, 15) is 9.59 Å². The molecule has 2 aromatic heterocycles. The minimum atomic E-state index is -0.699. The van der Waals surface area contributed by atoms with E-state index in [0.717, 1.165) is 22.7 Å². The molecule has 1 N–H and O–H groups in total. The van der Waals surface area contributed by atoms with Crippen LogP contribution in [0, 0.1) is 6.92 Å². The smallest absolute Gasteiger partial charge is 0.259 e. The van der Waals surface area contributed by atoms with Gasteiger partial charge in [-0.2, -0.15) is 0 Å². The van der Waals surface area contributed by atoms with Crippen LogP contribution in [-0.2, 0) is 4.79 Å². The number of nitrogens with one attached hydrogen (secondary N) is 1. The molecule has 6 heteroatoms. The van der Waals surface area contributed by atoms with Crippen LogP contribution in [0.1, 0.15) is 52.2 Å². The van der Waals surface area contributed by atoms with Crippen LogP contribution in [-0.4, -0.2) is 11.7 Å². The monoisotopic (exact) mass is 464 g/mol. The van der Waals surface area contributed by atoms with Crippen molar-refractivity contribution in [2.45, 2.75) is 31.7 Å². The summed E-state index contributed by atoms with van der Waals surface area (Å²) in [6.45, 7) is 1.98. The predicted molar refractivity (Wildman–Crippen MR) is 132 cm³/mol. The Kier molecular flexibility index (Phi) is 5.14. The number of nitrogens with zero attached hydrogens (tertiary/aromatic N) is 1. The van der Waals surface area contributed by atoms with Crippen molar-refractivity contribution in [1.82, 2.24) is 0 Å². The third-order valence-corrected chi connectivity index (χ3v) is 6.76. The maximum atomic E-state index is 14.1. The lowest BCUT2D eigenvalue weighted by atomic mass is 9.81. The van der Waals surface area contributed by atoms with Crippen molar-refractivity contribution in [2.24, 2.45) is 0 Å². The number of allylic oxidation sites excluding steroid dienone is 1. The number of fused-ring (bicyclic) bond motifs is 1. The number of carbonyl (C=O) groups is 2. The van der Waals surface area contributed by atoms with Crippen molar-refractivity contribution in [3.63, 3.8) is 0 Å². The molecular weight excluding hydrogens is 440 g/mol. The summed E-state index contributed by atoms with van der Waals surface area (Å²) in [5, 5.41) is 3.50. The Balaban J connectivity index is 1.55. The molecular formula is C29H24N2O4. The highest BCUT2D eigenvalue weighted by Gasteiger charge is 2.43. The summed E-state index contributed by atoms with van der Waals surface area (Å²) in [7, 11) is 0. The van der Waals surface area contributed by atoms with Gasteiger partial charge in [0.2, 0.25) is 0 Å². The van der Waals surface area contributed by atoms with Crippen LogP contribution in [0.4, 0.5) is 11.4 Å². The van der Waals surface area contributed by atoms with E-state index in [4.69, 9.17) is 8.83 Å². The molecule has 0 spiro atoms. The minimum Gasteiger partial charge on any atom is -0.469 e. The highest BCUT2D eigenvalue weighted by molar-refractivity contribution is 6.11. The molecule has 6 rings (SSSR count). The van der Waals surface area contributed by atoms with Gasteiger partial charge in [0.15, 0.2) is 5.78 Å². The molecule has 1 amide bonds. The second kappa shape index (κ2) is 8.47. The average Bonchev–Trinajstić information content (AvgIpc) is 3.57. The van der Waals surface area contributed by atoms with E-state index in [1.807, 2.05) is 73.7 Å². The first-order valence-electron chi connectivity index (χ1n) is 11.7. The van der Waals surface area contributed by atoms with Gasteiger partial charge in [-0.25, -0.2) is 0 Å². The van der Waals surface area contributed by atoms with Gasteiger partial charge in [-0.3, -0.25) is 14.5 Å². The Hall–Kier alpha value is -4.32. The SMILES string of the molecule is Cc1ccc(C(=O)N2c3ccccc3NC3=C(C(=O)C[C@H](c4ccco4)C3)[C@H]2c2ccco2)cc1. The van der Waals surface area contributed by atoms with E-state index >= 15 is 0 Å². The van der Waals surface area contributed by atoms with Crippen molar-refractivity contribution < 1.29 is 18.4 Å². The molecule has 1 aliphatic heterocycles. The van der Waals surface area contributed by atoms with Crippen LogP contribution in [0.2, 0.25) is 0 Å². The van der Waals surface area contributed by atoms with E-state index < -0.39 is 6.04 Å². The van der Waals surface area contributed by atoms with Gasteiger partial charge >= 0.3 is 0 Å². The Morgan fingerprint density at radius 3 is 2.31 bits per heavy atom. The van der Waals surface area contributed by atoms with Crippen molar-refractivity contribution in [3.05, 3.63) is 119 Å². The van der Waals surface area contributed by atoms with Gasteiger partial charge in [0.05, 0.1) is 23.9 Å². The van der Waals surface area contributed by atoms with Crippen molar-refractivity contribution >= 4 is 23.1 Å². The third-order valence-electron chi connectivity index (χ3n) is 6.76. The summed E-state index contributed by atoms with van der Waals surface area (Å²) in [5.41, 5.74) is 4.41. The summed E-state index contributed by atoms with van der Waals surface area (Å²) in [4.78, 5) is 29.5. The Bertz CT molecular complexity index is 1420. The highest BCUT2D eigenvalue weighted by atomic mass is 16.3. The fraction of sp³-hybridized carbons (Fsp3) is 0.172. The normalized spacial score (nSPS) is 19.6. The van der Waals surface area contributed by atoms with E-state index in [2.05, 4.69) is 5.32 Å². The molecule has 0 bridgehead atoms. The number of hydrogen-bond acceptors (Lipinski definition) is 5. The zero-order valence-electron chi connectivity index (χ0n) is 19.2. The van der Waals surface area contributed by atoms with Gasteiger partial charge < -0.3 is 14.2 Å². The number of anilines is 2. The summed E-state index contributed by atoms with van der Waals surface area (Å²) in [5.74, 6) is 1.02. The van der Waals surface area contributed by atoms with E-state index in [0.29, 0.717) is 35.4 Å². The quantitative estimate of drug-likeness (QED) is 0.380. The molecule has 1 aliphatic carbocycles. The summed E-state index contributed by atoms with van der Waals surface area (Å²) < 4.78 is 11.5. The van der Waals surface area contributed by atoms with Gasteiger partial charge in [-0.15, -0.1) is 0 Å². The van der Waals surface area contributed by atoms with Crippen molar-refractivity contribution in [1.29, 1.82) is 0 Å². The molecule has 4 aromatic rings. The molecule has 0 radical (unpaired) electrons. The Morgan fingerprint density at radius 2 is 1.60 bits per heavy atom. The molecule has 2 atom stereocenters. The van der Waals surface area contributed by atoms with Crippen LogP contribution < -0.4 is 10.2 Å². The van der Waals surface area contributed by atoms with Crippen LogP contribution in [0.25, 0.3) is 0 Å². The van der Waals surface area contributed by atoms with Crippen molar-refractivity contribution in [3.8, 4) is 0 Å². The van der Waals surface area contributed by atoms with Gasteiger partial charge in [-0.1, -0.05) is 29.8 Å². The van der Waals surface area contributed by atoms with E-state index in [-0.39, 0.29) is 17.6 Å². The molecule has 0 fully saturated rings. The summed E-state index contributed by atoms with van der Waals surface area (Å²) >= 11 is 0. The number of carbonyl (C=O) groups excluding carboxylic acids is 2. The minimum absolute atomic E-state index is 0.0314.